The van der Waals surface area contributed by atoms with Crippen LogP contribution in [0.1, 0.15) is 74.6 Å². The quantitative estimate of drug-likeness (QED) is 0.587. The minimum atomic E-state index is -4.20. The van der Waals surface area contributed by atoms with Gasteiger partial charge < -0.3 is 9.84 Å². The minimum absolute atomic E-state index is 0.143. The first-order chi connectivity index (χ1) is 18.8. The summed E-state index contributed by atoms with van der Waals surface area (Å²) in [5.41, 5.74) is -4.63. The molecule has 1 unspecified atom stereocenters. The molecule has 26 heavy (non-hydrogen) atoms. The summed E-state index contributed by atoms with van der Waals surface area (Å²) in [6, 6.07) is 5.55. The molecule has 1 saturated carbocycles. The molecule has 1 fully saturated rings. The van der Waals surface area contributed by atoms with Crippen LogP contribution in [0.15, 0.2) is 30.3 Å². The van der Waals surface area contributed by atoms with E-state index in [0.717, 1.165) is 26.0 Å². The highest BCUT2D eigenvalue weighted by molar-refractivity contribution is 5.81. The third kappa shape index (κ3) is 5.09. The van der Waals surface area contributed by atoms with Gasteiger partial charge in [-0.25, -0.2) is 4.79 Å². The molecular weight excluding hydrogens is 326 g/mol. The largest absolute Gasteiger partial charge is 0.450 e. The molecule has 0 radical (unpaired) electrons. The van der Waals surface area contributed by atoms with Gasteiger partial charge in [0.2, 0.25) is 0 Å². The van der Waals surface area contributed by atoms with Gasteiger partial charge >= 0.3 is 5.97 Å². The van der Waals surface area contributed by atoms with E-state index >= 15 is 0 Å². The third-order valence-corrected chi connectivity index (χ3v) is 3.33. The number of rotatable bonds is 7. The van der Waals surface area contributed by atoms with Gasteiger partial charge in [-0.1, -0.05) is 75.1 Å². The normalized spacial score (nSPS) is 39.5. The zero-order chi connectivity index (χ0) is 34.1. The molecular formula is C22H31NO3. The zero-order valence-corrected chi connectivity index (χ0v) is 14.3. The van der Waals surface area contributed by atoms with Crippen LogP contribution < -0.4 is 0 Å². The molecule has 0 heterocycles. The number of carbonyl (C=O) groups is 1. The molecule has 0 saturated heterocycles. The molecule has 1 N–H and O–H groups in total. The number of ether oxygens (including phenoxy) is 1. The van der Waals surface area contributed by atoms with Gasteiger partial charge in [-0.15, -0.1) is 0 Å². The van der Waals surface area contributed by atoms with Crippen LogP contribution in [-0.2, 0) is 15.1 Å². The van der Waals surface area contributed by atoms with Gasteiger partial charge in [-0.2, -0.15) is 0 Å². The van der Waals surface area contributed by atoms with E-state index in [1.54, 1.807) is 0 Å². The standard InChI is InChI=1S/C22H31NO3/c1-3-23(4-2)17-11-12-18-26-21(24)22(25,19-13-7-5-8-14-19)20-15-9-6-10-16-20/h5,7-8,13-14,20,25H,3-4,6,9-10,15-18H2,1-2H3/i3D2,4D2,6D2,9D2,10D2,15D2,16D2,17D2,20D. The Morgan fingerprint density at radius 2 is 1.96 bits per heavy atom. The number of hydrogen-bond acceptors (Lipinski definition) is 4. The average Bonchev–Trinajstić information content (AvgIpc) is 2.82. The van der Waals surface area contributed by atoms with Crippen molar-refractivity contribution >= 4 is 5.97 Å². The van der Waals surface area contributed by atoms with E-state index in [9.17, 15) is 9.90 Å². The monoisotopic (exact) mass is 374 g/mol. The highest BCUT2D eigenvalue weighted by Crippen LogP contribution is 2.40. The molecule has 1 aromatic rings. The first-order valence-corrected chi connectivity index (χ1v) is 7.61. The molecule has 1 aromatic carbocycles. The molecule has 2 rings (SSSR count). The van der Waals surface area contributed by atoms with E-state index in [4.69, 9.17) is 28.0 Å². The first-order valence-electron chi connectivity index (χ1n) is 16.1. The Hall–Kier alpha value is -1.83. The van der Waals surface area contributed by atoms with Crippen molar-refractivity contribution in [2.75, 3.05) is 26.1 Å². The highest BCUT2D eigenvalue weighted by atomic mass is 16.5. The number of esters is 1. The fourth-order valence-corrected chi connectivity index (χ4v) is 2.04. The Kier molecular flexibility index (Phi) is 2.90. The van der Waals surface area contributed by atoms with Gasteiger partial charge in [-0.3, -0.25) is 4.90 Å². The molecule has 4 nitrogen and oxygen atoms in total. The van der Waals surface area contributed by atoms with Crippen molar-refractivity contribution in [3.05, 3.63) is 35.9 Å². The Labute approximate surface area is 181 Å². The van der Waals surface area contributed by atoms with E-state index in [-0.39, 0.29) is 4.90 Å². The van der Waals surface area contributed by atoms with Gasteiger partial charge in [0, 0.05) is 26.5 Å². The molecule has 0 aliphatic heterocycles. The summed E-state index contributed by atoms with van der Waals surface area (Å²) < 4.78 is 144. The number of benzene rings is 1. The second-order valence-corrected chi connectivity index (χ2v) is 4.85. The molecule has 0 bridgehead atoms. The highest BCUT2D eigenvalue weighted by Gasteiger charge is 2.46. The molecule has 1 aliphatic carbocycles. The lowest BCUT2D eigenvalue weighted by Crippen LogP contribution is -2.45. The maximum absolute atomic E-state index is 13.5. The average molecular weight is 375 g/mol. The predicted octanol–water partition coefficient (Wildman–Crippen LogP) is 3.34. The number of carbonyl (C=O) groups excluding carboxylic acids is 1. The number of hydrogen-bond donors (Lipinski definition) is 1. The molecule has 1 aliphatic rings. The number of nitrogens with zero attached hydrogens (tertiary/aromatic N) is 1. The van der Waals surface area contributed by atoms with Crippen LogP contribution >= 0.6 is 0 Å². The summed E-state index contributed by atoms with van der Waals surface area (Å²) in [5.74, 6) is -2.36. The molecule has 0 aromatic heterocycles. The van der Waals surface area contributed by atoms with Crippen LogP contribution in [0.4, 0.5) is 0 Å². The topological polar surface area (TPSA) is 49.8 Å². The van der Waals surface area contributed by atoms with Crippen LogP contribution in [0.3, 0.4) is 0 Å². The van der Waals surface area contributed by atoms with Gasteiger partial charge in [-0.05, 0) is 31.3 Å². The Bertz CT molecular complexity index is 1230. The lowest BCUT2D eigenvalue weighted by molar-refractivity contribution is -0.174. The fourth-order valence-electron chi connectivity index (χ4n) is 2.04. The first kappa shape index (κ1) is 7.30. The molecule has 142 valence electrons. The Morgan fingerprint density at radius 3 is 2.58 bits per heavy atom. The zero-order valence-electron chi connectivity index (χ0n) is 31.3. The van der Waals surface area contributed by atoms with Gasteiger partial charge in [0.15, 0.2) is 12.2 Å². The van der Waals surface area contributed by atoms with E-state index in [1.165, 1.54) is 18.2 Å². The van der Waals surface area contributed by atoms with Gasteiger partial charge in [0.1, 0.15) is 0 Å². The predicted molar refractivity (Wildman–Crippen MR) is 103 cm³/mol. The van der Waals surface area contributed by atoms with Gasteiger partial charge in [0.05, 0.1) is 9.24 Å². The summed E-state index contributed by atoms with van der Waals surface area (Å²) in [7, 11) is 0. The van der Waals surface area contributed by atoms with E-state index < -0.39 is 81.0 Å². The Balaban J connectivity index is 2.74. The lowest BCUT2D eigenvalue weighted by atomic mass is 9.73. The smallest absolute Gasteiger partial charge is 0.344 e. The van der Waals surface area contributed by atoms with E-state index in [2.05, 4.69) is 0 Å². The minimum Gasteiger partial charge on any atom is -0.450 e. The van der Waals surface area contributed by atoms with Crippen LogP contribution in [-0.4, -0.2) is 42.1 Å². The van der Waals surface area contributed by atoms with Crippen molar-refractivity contribution in [1.82, 2.24) is 4.90 Å². The van der Waals surface area contributed by atoms with Crippen LogP contribution in [0, 0.1) is 17.7 Å². The molecule has 0 amide bonds. The second kappa shape index (κ2) is 10.4. The summed E-state index contributed by atoms with van der Waals surface area (Å²) >= 11 is 0. The summed E-state index contributed by atoms with van der Waals surface area (Å²) in [4.78, 5) is 13.7. The van der Waals surface area contributed by atoms with E-state index in [1.807, 2.05) is 11.8 Å². The van der Waals surface area contributed by atoms with Crippen LogP contribution in [0.5, 0.6) is 0 Å². The molecule has 0 spiro atoms. The van der Waals surface area contributed by atoms with Crippen molar-refractivity contribution in [3.63, 3.8) is 0 Å². The summed E-state index contributed by atoms with van der Waals surface area (Å²) in [6.07, 6.45) is -20.3. The second-order valence-electron chi connectivity index (χ2n) is 4.85. The molecule has 1 atom stereocenters. The maximum Gasteiger partial charge on any atom is 0.344 e. The van der Waals surface area contributed by atoms with Crippen molar-refractivity contribution < 1.29 is 37.9 Å². The SMILES string of the molecule is [2H]C([2H])(C)N(C([2H])([2H])C)C([2H])([2H])C#CCOC(=O)C(O)(c1ccccc1)C1([2H])C([2H])([2H])C([2H])([2H])C([2H])([2H])C([2H])([2H])C1([2H])[2H]. The molecule has 4 heteroatoms. The van der Waals surface area contributed by atoms with Crippen molar-refractivity contribution in [2.24, 2.45) is 5.89 Å². The fraction of sp³-hybridized carbons (Fsp3) is 0.591. The Morgan fingerprint density at radius 1 is 1.31 bits per heavy atom. The van der Waals surface area contributed by atoms with Crippen LogP contribution in [0.25, 0.3) is 0 Å². The van der Waals surface area contributed by atoms with Gasteiger partial charge in [0.25, 0.3) is 0 Å². The maximum atomic E-state index is 13.5. The van der Waals surface area contributed by atoms with E-state index in [0.29, 0.717) is 0 Å². The summed E-state index contributed by atoms with van der Waals surface area (Å²) in [6.45, 7) is -7.63. The van der Waals surface area contributed by atoms with Crippen molar-refractivity contribution in [1.29, 1.82) is 0 Å². The number of aliphatic hydroxyl groups is 1. The third-order valence-electron chi connectivity index (χ3n) is 3.33. The van der Waals surface area contributed by atoms with Crippen molar-refractivity contribution in [2.45, 2.75) is 51.3 Å². The van der Waals surface area contributed by atoms with Crippen LogP contribution in [0.2, 0.25) is 0 Å². The lowest BCUT2D eigenvalue weighted by Gasteiger charge is -2.36. The summed E-state index contributed by atoms with van der Waals surface area (Å²) in [5, 5.41) is 11.9. The van der Waals surface area contributed by atoms with Crippen molar-refractivity contribution in [3.8, 4) is 11.8 Å².